The number of alkyl halides is 3. The standard InChI is InChI=1S/C14H9BrF4O/c15-10-4-1-8(2-5-10)13(20)9-3-6-11(12(16)7-9)14(17,18)19/h1-7,13,20H. The first kappa shape index (κ1) is 15.0. The molecule has 20 heavy (non-hydrogen) atoms. The number of rotatable bonds is 2. The number of benzene rings is 2. The highest BCUT2D eigenvalue weighted by Crippen LogP contribution is 2.33. The zero-order valence-corrected chi connectivity index (χ0v) is 11.5. The van der Waals surface area contributed by atoms with E-state index in [2.05, 4.69) is 15.9 Å². The highest BCUT2D eigenvalue weighted by Gasteiger charge is 2.34. The lowest BCUT2D eigenvalue weighted by atomic mass is 10.00. The van der Waals surface area contributed by atoms with Crippen molar-refractivity contribution in [3.63, 3.8) is 0 Å². The fraction of sp³-hybridized carbons (Fsp3) is 0.143. The topological polar surface area (TPSA) is 20.2 Å². The van der Waals surface area contributed by atoms with Gasteiger partial charge < -0.3 is 5.11 Å². The van der Waals surface area contributed by atoms with Gasteiger partial charge in [-0.2, -0.15) is 13.2 Å². The molecule has 1 atom stereocenters. The van der Waals surface area contributed by atoms with Gasteiger partial charge >= 0.3 is 6.18 Å². The Morgan fingerprint density at radius 3 is 2.00 bits per heavy atom. The Morgan fingerprint density at radius 2 is 1.50 bits per heavy atom. The molecule has 0 aliphatic rings. The number of halogens is 5. The minimum Gasteiger partial charge on any atom is -0.384 e. The normalized spacial score (nSPS) is 13.3. The van der Waals surface area contributed by atoms with Crippen LogP contribution in [0.3, 0.4) is 0 Å². The van der Waals surface area contributed by atoms with E-state index in [-0.39, 0.29) is 5.56 Å². The quantitative estimate of drug-likeness (QED) is 0.780. The average molecular weight is 349 g/mol. The third-order valence-electron chi connectivity index (χ3n) is 2.80. The van der Waals surface area contributed by atoms with E-state index in [0.717, 1.165) is 10.5 Å². The Morgan fingerprint density at radius 1 is 0.950 bits per heavy atom. The lowest BCUT2D eigenvalue weighted by Gasteiger charge is -2.14. The van der Waals surface area contributed by atoms with E-state index in [4.69, 9.17) is 0 Å². The summed E-state index contributed by atoms with van der Waals surface area (Å²) in [4.78, 5) is 0. The van der Waals surface area contributed by atoms with Crippen LogP contribution in [0.5, 0.6) is 0 Å². The van der Waals surface area contributed by atoms with Gasteiger partial charge in [0.1, 0.15) is 11.9 Å². The Hall–Kier alpha value is -1.40. The molecular formula is C14H9BrF4O. The predicted octanol–water partition coefficient (Wildman–Crippen LogP) is 4.69. The number of aliphatic hydroxyl groups is 1. The van der Waals surface area contributed by atoms with Gasteiger partial charge in [-0.05, 0) is 35.4 Å². The summed E-state index contributed by atoms with van der Waals surface area (Å²) in [6.07, 6.45) is -5.93. The van der Waals surface area contributed by atoms with Crippen molar-refractivity contribution in [3.8, 4) is 0 Å². The van der Waals surface area contributed by atoms with Crippen molar-refractivity contribution in [1.29, 1.82) is 0 Å². The van der Waals surface area contributed by atoms with Gasteiger partial charge in [0.2, 0.25) is 0 Å². The molecule has 0 saturated heterocycles. The molecule has 2 aromatic rings. The van der Waals surface area contributed by atoms with Crippen LogP contribution >= 0.6 is 15.9 Å². The highest BCUT2D eigenvalue weighted by molar-refractivity contribution is 9.10. The smallest absolute Gasteiger partial charge is 0.384 e. The van der Waals surface area contributed by atoms with E-state index in [0.29, 0.717) is 17.7 Å². The third kappa shape index (κ3) is 3.19. The monoisotopic (exact) mass is 348 g/mol. The van der Waals surface area contributed by atoms with Crippen molar-refractivity contribution in [2.75, 3.05) is 0 Å². The fourth-order valence-corrected chi connectivity index (χ4v) is 2.03. The summed E-state index contributed by atoms with van der Waals surface area (Å²) in [5, 5.41) is 10.0. The summed E-state index contributed by atoms with van der Waals surface area (Å²) in [6, 6.07) is 8.97. The SMILES string of the molecule is OC(c1ccc(Br)cc1)c1ccc(C(F)(F)F)c(F)c1. The number of hydrogen-bond acceptors (Lipinski definition) is 1. The second kappa shape index (κ2) is 5.54. The summed E-state index contributed by atoms with van der Waals surface area (Å²) in [5.74, 6) is -1.40. The van der Waals surface area contributed by atoms with Crippen LogP contribution in [0.2, 0.25) is 0 Å². The van der Waals surface area contributed by atoms with Crippen LogP contribution in [-0.2, 0) is 6.18 Å². The van der Waals surface area contributed by atoms with Crippen LogP contribution in [0, 0.1) is 5.82 Å². The zero-order valence-electron chi connectivity index (χ0n) is 9.96. The van der Waals surface area contributed by atoms with E-state index in [1.807, 2.05) is 0 Å². The molecule has 0 aromatic heterocycles. The maximum Gasteiger partial charge on any atom is 0.419 e. The second-order valence-electron chi connectivity index (χ2n) is 4.19. The Kier molecular flexibility index (Phi) is 4.15. The van der Waals surface area contributed by atoms with Crippen LogP contribution in [0.1, 0.15) is 22.8 Å². The lowest BCUT2D eigenvalue weighted by Crippen LogP contribution is -2.09. The Balaban J connectivity index is 2.34. The highest BCUT2D eigenvalue weighted by atomic mass is 79.9. The maximum absolute atomic E-state index is 13.4. The van der Waals surface area contributed by atoms with Gasteiger partial charge in [-0.25, -0.2) is 4.39 Å². The molecule has 0 fully saturated rings. The van der Waals surface area contributed by atoms with Crippen molar-refractivity contribution in [2.24, 2.45) is 0 Å². The minimum atomic E-state index is -4.74. The molecule has 106 valence electrons. The fourth-order valence-electron chi connectivity index (χ4n) is 1.77. The Bertz CT molecular complexity index is 608. The van der Waals surface area contributed by atoms with E-state index >= 15 is 0 Å². The predicted molar refractivity (Wildman–Crippen MR) is 69.6 cm³/mol. The molecule has 0 amide bonds. The zero-order chi connectivity index (χ0) is 14.9. The van der Waals surface area contributed by atoms with Gasteiger partial charge in [-0.3, -0.25) is 0 Å². The van der Waals surface area contributed by atoms with Crippen molar-refractivity contribution in [2.45, 2.75) is 12.3 Å². The summed E-state index contributed by atoms with van der Waals surface area (Å²) >= 11 is 3.23. The summed E-state index contributed by atoms with van der Waals surface area (Å²) in [5.41, 5.74) is -0.811. The van der Waals surface area contributed by atoms with E-state index in [1.54, 1.807) is 24.3 Å². The molecule has 1 nitrogen and oxygen atoms in total. The van der Waals surface area contributed by atoms with Crippen LogP contribution < -0.4 is 0 Å². The minimum absolute atomic E-state index is 0.0674. The first-order chi connectivity index (χ1) is 9.29. The van der Waals surface area contributed by atoms with Crippen LogP contribution in [-0.4, -0.2) is 5.11 Å². The van der Waals surface area contributed by atoms with Crippen LogP contribution in [0.4, 0.5) is 17.6 Å². The van der Waals surface area contributed by atoms with Gasteiger partial charge in [0.15, 0.2) is 0 Å². The molecule has 0 aliphatic heterocycles. The van der Waals surface area contributed by atoms with Crippen molar-refractivity contribution < 1.29 is 22.7 Å². The lowest BCUT2D eigenvalue weighted by molar-refractivity contribution is -0.140. The third-order valence-corrected chi connectivity index (χ3v) is 3.33. The summed E-state index contributed by atoms with van der Waals surface area (Å²) < 4.78 is 51.6. The van der Waals surface area contributed by atoms with Gasteiger partial charge in [-0.1, -0.05) is 34.1 Å². The molecule has 0 spiro atoms. The number of aliphatic hydroxyl groups excluding tert-OH is 1. The van der Waals surface area contributed by atoms with E-state index in [9.17, 15) is 22.7 Å². The molecule has 0 heterocycles. The van der Waals surface area contributed by atoms with Gasteiger partial charge in [0.25, 0.3) is 0 Å². The molecule has 1 N–H and O–H groups in total. The molecule has 6 heteroatoms. The average Bonchev–Trinajstić information content (AvgIpc) is 2.37. The summed E-state index contributed by atoms with van der Waals surface area (Å²) in [6.45, 7) is 0. The second-order valence-corrected chi connectivity index (χ2v) is 5.11. The molecule has 2 aromatic carbocycles. The van der Waals surface area contributed by atoms with Crippen molar-refractivity contribution >= 4 is 15.9 Å². The van der Waals surface area contributed by atoms with Gasteiger partial charge in [-0.15, -0.1) is 0 Å². The van der Waals surface area contributed by atoms with Crippen molar-refractivity contribution in [3.05, 3.63) is 69.4 Å². The molecule has 1 unspecified atom stereocenters. The van der Waals surface area contributed by atoms with Crippen molar-refractivity contribution in [1.82, 2.24) is 0 Å². The molecule has 0 bridgehead atoms. The van der Waals surface area contributed by atoms with Crippen LogP contribution in [0.25, 0.3) is 0 Å². The first-order valence-electron chi connectivity index (χ1n) is 5.59. The van der Waals surface area contributed by atoms with Crippen LogP contribution in [0.15, 0.2) is 46.9 Å². The largest absolute Gasteiger partial charge is 0.419 e. The molecule has 0 radical (unpaired) electrons. The molecule has 2 rings (SSSR count). The molecule has 0 saturated carbocycles. The Labute approximate surface area is 121 Å². The van der Waals surface area contributed by atoms with Gasteiger partial charge in [0.05, 0.1) is 5.56 Å². The molecular weight excluding hydrogens is 340 g/mol. The number of hydrogen-bond donors (Lipinski definition) is 1. The van der Waals surface area contributed by atoms with E-state index in [1.165, 1.54) is 0 Å². The molecule has 0 aliphatic carbocycles. The summed E-state index contributed by atoms with van der Waals surface area (Å²) in [7, 11) is 0. The maximum atomic E-state index is 13.4. The first-order valence-corrected chi connectivity index (χ1v) is 6.38. The van der Waals surface area contributed by atoms with E-state index < -0.39 is 23.7 Å². The van der Waals surface area contributed by atoms with Gasteiger partial charge in [0, 0.05) is 4.47 Å².